The number of nitrogens with two attached hydrogens (primary N) is 1. The lowest BCUT2D eigenvalue weighted by Gasteiger charge is -2.13. The zero-order chi connectivity index (χ0) is 15.2. The summed E-state index contributed by atoms with van der Waals surface area (Å²) < 4.78 is 5.82. The van der Waals surface area contributed by atoms with Crippen LogP contribution in [0.15, 0.2) is 48.5 Å². The fourth-order valence-electron chi connectivity index (χ4n) is 1.99. The summed E-state index contributed by atoms with van der Waals surface area (Å²) in [7, 11) is 0. The van der Waals surface area contributed by atoms with Crippen molar-refractivity contribution in [2.45, 2.75) is 26.3 Å². The molecule has 2 aromatic rings. The fraction of sp³-hybridized carbons (Fsp3) is 0.235. The van der Waals surface area contributed by atoms with Gasteiger partial charge in [-0.2, -0.15) is 0 Å². The molecule has 2 aromatic carbocycles. The van der Waals surface area contributed by atoms with Crippen LogP contribution in [0.25, 0.3) is 0 Å². The molecule has 21 heavy (non-hydrogen) atoms. The van der Waals surface area contributed by atoms with E-state index in [1.165, 1.54) is 6.92 Å². The van der Waals surface area contributed by atoms with Gasteiger partial charge in [0, 0.05) is 13.0 Å². The van der Waals surface area contributed by atoms with Crippen molar-refractivity contribution in [2.24, 2.45) is 5.73 Å². The molecular weight excluding hydrogens is 264 g/mol. The molecule has 0 heterocycles. The first-order valence-corrected chi connectivity index (χ1v) is 7.00. The number of anilines is 1. The second kappa shape index (κ2) is 6.90. The van der Waals surface area contributed by atoms with Gasteiger partial charge in [-0.3, -0.25) is 4.79 Å². The maximum atomic E-state index is 11.2. The largest absolute Gasteiger partial charge is 0.455 e. The Hall–Kier alpha value is -2.33. The summed E-state index contributed by atoms with van der Waals surface area (Å²) >= 11 is 0. The molecule has 0 saturated heterocycles. The predicted octanol–water partition coefficient (Wildman–Crippen LogP) is 3.85. The number of hydrogen-bond acceptors (Lipinski definition) is 3. The summed E-state index contributed by atoms with van der Waals surface area (Å²) in [5, 5.41) is 2.75. The van der Waals surface area contributed by atoms with Crippen LogP contribution in [0.4, 0.5) is 5.69 Å². The van der Waals surface area contributed by atoms with Gasteiger partial charge in [0.15, 0.2) is 5.75 Å². The Kier molecular flexibility index (Phi) is 4.95. The minimum atomic E-state index is -0.129. The van der Waals surface area contributed by atoms with Crippen molar-refractivity contribution >= 4 is 11.6 Å². The Morgan fingerprint density at radius 1 is 1.19 bits per heavy atom. The fourth-order valence-corrected chi connectivity index (χ4v) is 1.99. The molecule has 1 unspecified atom stereocenters. The SMILES string of the molecule is CCC(N)c1ccc(Oc2ccccc2NC(C)=O)cc1. The molecule has 0 spiro atoms. The van der Waals surface area contributed by atoms with E-state index in [4.69, 9.17) is 10.5 Å². The van der Waals surface area contributed by atoms with E-state index >= 15 is 0 Å². The quantitative estimate of drug-likeness (QED) is 0.876. The maximum absolute atomic E-state index is 11.2. The third-order valence-corrected chi connectivity index (χ3v) is 3.17. The highest BCUT2D eigenvalue weighted by Gasteiger charge is 2.07. The Bertz CT molecular complexity index is 608. The van der Waals surface area contributed by atoms with Crippen LogP contribution in [-0.4, -0.2) is 5.91 Å². The van der Waals surface area contributed by atoms with Gasteiger partial charge in [0.2, 0.25) is 5.91 Å². The summed E-state index contributed by atoms with van der Waals surface area (Å²) in [4.78, 5) is 11.2. The summed E-state index contributed by atoms with van der Waals surface area (Å²) in [6.07, 6.45) is 0.894. The van der Waals surface area contributed by atoms with E-state index in [0.717, 1.165) is 12.0 Å². The second-order valence-corrected chi connectivity index (χ2v) is 4.86. The average molecular weight is 284 g/mol. The first kappa shape index (κ1) is 15.1. The van der Waals surface area contributed by atoms with E-state index in [1.807, 2.05) is 42.5 Å². The van der Waals surface area contributed by atoms with Gasteiger partial charge >= 0.3 is 0 Å². The summed E-state index contributed by atoms with van der Waals surface area (Å²) in [5.41, 5.74) is 7.72. The molecule has 1 atom stereocenters. The van der Waals surface area contributed by atoms with Crippen LogP contribution in [0.1, 0.15) is 31.9 Å². The molecule has 2 rings (SSSR count). The van der Waals surface area contributed by atoms with Gasteiger partial charge in [-0.25, -0.2) is 0 Å². The normalized spacial score (nSPS) is 11.8. The van der Waals surface area contributed by atoms with Crippen molar-refractivity contribution in [3.8, 4) is 11.5 Å². The van der Waals surface area contributed by atoms with Crippen molar-refractivity contribution in [1.29, 1.82) is 0 Å². The molecule has 3 N–H and O–H groups in total. The van der Waals surface area contributed by atoms with E-state index in [1.54, 1.807) is 6.07 Å². The number of ether oxygens (including phenoxy) is 1. The third-order valence-electron chi connectivity index (χ3n) is 3.17. The first-order chi connectivity index (χ1) is 10.1. The lowest BCUT2D eigenvalue weighted by Crippen LogP contribution is -2.08. The lowest BCUT2D eigenvalue weighted by molar-refractivity contribution is -0.114. The predicted molar refractivity (Wildman–Crippen MR) is 84.5 cm³/mol. The molecule has 4 nitrogen and oxygen atoms in total. The van der Waals surface area contributed by atoms with Crippen molar-refractivity contribution in [3.05, 3.63) is 54.1 Å². The highest BCUT2D eigenvalue weighted by molar-refractivity contribution is 5.90. The van der Waals surface area contributed by atoms with Crippen LogP contribution in [0, 0.1) is 0 Å². The van der Waals surface area contributed by atoms with Crippen LogP contribution in [0.2, 0.25) is 0 Å². The van der Waals surface area contributed by atoms with Gasteiger partial charge in [-0.05, 0) is 36.2 Å². The van der Waals surface area contributed by atoms with Crippen molar-refractivity contribution in [1.82, 2.24) is 0 Å². The molecule has 4 heteroatoms. The molecule has 0 bridgehead atoms. The van der Waals surface area contributed by atoms with Crippen molar-refractivity contribution in [2.75, 3.05) is 5.32 Å². The molecule has 0 fully saturated rings. The van der Waals surface area contributed by atoms with Gasteiger partial charge in [-0.1, -0.05) is 31.2 Å². The lowest BCUT2D eigenvalue weighted by atomic mass is 10.1. The van der Waals surface area contributed by atoms with E-state index in [0.29, 0.717) is 17.2 Å². The Labute approximate surface area is 124 Å². The molecule has 0 aliphatic rings. The van der Waals surface area contributed by atoms with Crippen molar-refractivity contribution < 1.29 is 9.53 Å². The Morgan fingerprint density at radius 2 is 1.86 bits per heavy atom. The number of hydrogen-bond donors (Lipinski definition) is 2. The van der Waals surface area contributed by atoms with Gasteiger partial charge in [0.1, 0.15) is 5.75 Å². The highest BCUT2D eigenvalue weighted by Crippen LogP contribution is 2.29. The number of para-hydroxylation sites is 2. The van der Waals surface area contributed by atoms with Crippen LogP contribution < -0.4 is 15.8 Å². The van der Waals surface area contributed by atoms with Crippen LogP contribution >= 0.6 is 0 Å². The number of carbonyl (C=O) groups is 1. The standard InChI is InChI=1S/C17H20N2O2/c1-3-15(18)13-8-10-14(11-9-13)21-17-7-5-4-6-16(17)19-12(2)20/h4-11,15H,3,18H2,1-2H3,(H,19,20). The topological polar surface area (TPSA) is 64.3 Å². The Morgan fingerprint density at radius 3 is 2.48 bits per heavy atom. The van der Waals surface area contributed by atoms with E-state index < -0.39 is 0 Å². The van der Waals surface area contributed by atoms with E-state index in [9.17, 15) is 4.79 Å². The first-order valence-electron chi connectivity index (χ1n) is 7.00. The number of benzene rings is 2. The molecule has 1 amide bonds. The summed E-state index contributed by atoms with van der Waals surface area (Å²) in [6.45, 7) is 3.52. The Balaban J connectivity index is 2.16. The molecule has 0 aromatic heterocycles. The zero-order valence-corrected chi connectivity index (χ0v) is 12.3. The molecule has 0 saturated carbocycles. The number of carbonyl (C=O) groups excluding carboxylic acids is 1. The number of amides is 1. The van der Waals surface area contributed by atoms with Gasteiger partial charge < -0.3 is 15.8 Å². The van der Waals surface area contributed by atoms with Crippen LogP contribution in [0.5, 0.6) is 11.5 Å². The second-order valence-electron chi connectivity index (χ2n) is 4.86. The van der Waals surface area contributed by atoms with E-state index in [-0.39, 0.29) is 11.9 Å². The van der Waals surface area contributed by atoms with Crippen LogP contribution in [-0.2, 0) is 4.79 Å². The molecule has 110 valence electrons. The number of rotatable bonds is 5. The molecular formula is C17H20N2O2. The summed E-state index contributed by atoms with van der Waals surface area (Å²) in [5.74, 6) is 1.19. The minimum absolute atomic E-state index is 0.0470. The average Bonchev–Trinajstić information content (AvgIpc) is 2.49. The minimum Gasteiger partial charge on any atom is -0.455 e. The maximum Gasteiger partial charge on any atom is 0.221 e. The van der Waals surface area contributed by atoms with E-state index in [2.05, 4.69) is 12.2 Å². The molecule has 0 aliphatic heterocycles. The number of nitrogens with one attached hydrogen (secondary N) is 1. The van der Waals surface area contributed by atoms with Crippen molar-refractivity contribution in [3.63, 3.8) is 0 Å². The van der Waals surface area contributed by atoms with Crippen LogP contribution in [0.3, 0.4) is 0 Å². The molecule has 0 aliphatic carbocycles. The van der Waals surface area contributed by atoms with Gasteiger partial charge in [0.05, 0.1) is 5.69 Å². The smallest absolute Gasteiger partial charge is 0.221 e. The third kappa shape index (κ3) is 4.07. The zero-order valence-electron chi connectivity index (χ0n) is 12.3. The van der Waals surface area contributed by atoms with Gasteiger partial charge in [0.25, 0.3) is 0 Å². The molecule has 0 radical (unpaired) electrons. The van der Waals surface area contributed by atoms with Gasteiger partial charge in [-0.15, -0.1) is 0 Å². The monoisotopic (exact) mass is 284 g/mol. The highest BCUT2D eigenvalue weighted by atomic mass is 16.5. The summed E-state index contributed by atoms with van der Waals surface area (Å²) in [6, 6.07) is 15.1.